The molecule has 3 amide bonds. The van der Waals surface area contributed by atoms with Crippen molar-refractivity contribution in [1.29, 1.82) is 0 Å². The summed E-state index contributed by atoms with van der Waals surface area (Å²) in [5.41, 5.74) is 1.38. The van der Waals surface area contributed by atoms with Crippen LogP contribution in [0.25, 0.3) is 6.08 Å². The number of carboxylic acids is 1. The standard InChI is InChI=1S/C31H22Cl3N3O5S/c32-23-14-9-20(31(41)42)16-25(23)36-27(38)17-43-22-12-10-21(11-13-22)35-30(40)26(15-19-7-4-8-24(33)28(19)34)37-29(39)18-5-2-1-3-6-18/h1-16H,17H2,(H,35,40)(H,36,38)(H,37,39)(H,41,42)/b26-15-. The maximum absolute atomic E-state index is 13.3. The molecule has 0 bridgehead atoms. The van der Waals surface area contributed by atoms with Crippen molar-refractivity contribution in [3.05, 3.63) is 128 Å². The predicted octanol–water partition coefficient (Wildman–Crippen LogP) is 7.49. The number of aromatic carboxylic acids is 1. The Bertz CT molecular complexity index is 1710. The summed E-state index contributed by atoms with van der Waals surface area (Å²) in [6, 6.07) is 24.1. The summed E-state index contributed by atoms with van der Waals surface area (Å²) in [6.07, 6.45) is 1.44. The number of rotatable bonds is 10. The monoisotopic (exact) mass is 653 g/mol. The number of carbonyl (C=O) groups excluding carboxylic acids is 3. The summed E-state index contributed by atoms with van der Waals surface area (Å²) in [6.45, 7) is 0. The van der Waals surface area contributed by atoms with Crippen LogP contribution in [0.1, 0.15) is 26.3 Å². The Hall–Kier alpha value is -4.28. The van der Waals surface area contributed by atoms with Crippen molar-refractivity contribution in [2.45, 2.75) is 4.90 Å². The lowest BCUT2D eigenvalue weighted by Crippen LogP contribution is -2.30. The van der Waals surface area contributed by atoms with Crippen LogP contribution in [-0.4, -0.2) is 34.6 Å². The Morgan fingerprint density at radius 3 is 2.19 bits per heavy atom. The van der Waals surface area contributed by atoms with Crippen molar-refractivity contribution in [2.24, 2.45) is 0 Å². The minimum atomic E-state index is -1.14. The van der Waals surface area contributed by atoms with E-state index in [1.165, 1.54) is 36.0 Å². The van der Waals surface area contributed by atoms with Crippen LogP contribution < -0.4 is 16.0 Å². The fourth-order valence-corrected chi connectivity index (χ4v) is 4.88. The van der Waals surface area contributed by atoms with Gasteiger partial charge in [0.25, 0.3) is 11.8 Å². The second kappa shape index (κ2) is 14.8. The average molecular weight is 655 g/mol. The molecule has 0 aliphatic rings. The van der Waals surface area contributed by atoms with Crippen LogP contribution in [0, 0.1) is 0 Å². The van der Waals surface area contributed by atoms with Crippen molar-refractivity contribution in [1.82, 2.24) is 5.32 Å². The highest BCUT2D eigenvalue weighted by Crippen LogP contribution is 2.28. The molecule has 12 heteroatoms. The number of amides is 3. The maximum atomic E-state index is 13.3. The number of nitrogens with one attached hydrogen (secondary N) is 3. The molecule has 218 valence electrons. The molecule has 0 heterocycles. The Morgan fingerprint density at radius 2 is 1.49 bits per heavy atom. The largest absolute Gasteiger partial charge is 0.478 e. The second-order valence-corrected chi connectivity index (χ2v) is 11.1. The van der Waals surface area contributed by atoms with Gasteiger partial charge in [-0.2, -0.15) is 0 Å². The molecule has 43 heavy (non-hydrogen) atoms. The number of anilines is 2. The molecular formula is C31H22Cl3N3O5S. The molecule has 0 spiro atoms. The smallest absolute Gasteiger partial charge is 0.335 e. The van der Waals surface area contributed by atoms with Gasteiger partial charge in [0.1, 0.15) is 5.70 Å². The van der Waals surface area contributed by atoms with E-state index in [9.17, 15) is 19.2 Å². The number of hydrogen-bond donors (Lipinski definition) is 4. The van der Waals surface area contributed by atoms with Crippen LogP contribution in [0.15, 0.2) is 102 Å². The van der Waals surface area contributed by atoms with Gasteiger partial charge in [0.15, 0.2) is 0 Å². The molecule has 4 aromatic carbocycles. The number of carbonyl (C=O) groups is 4. The molecule has 0 radical (unpaired) electrons. The van der Waals surface area contributed by atoms with Gasteiger partial charge in [-0.05, 0) is 72.3 Å². The fourth-order valence-electron chi connectivity index (χ4n) is 3.65. The van der Waals surface area contributed by atoms with Gasteiger partial charge in [0, 0.05) is 16.1 Å². The second-order valence-electron chi connectivity index (χ2n) is 8.84. The third-order valence-electron chi connectivity index (χ3n) is 5.78. The highest BCUT2D eigenvalue weighted by Gasteiger charge is 2.17. The number of benzene rings is 4. The van der Waals surface area contributed by atoms with Crippen molar-refractivity contribution in [3.63, 3.8) is 0 Å². The Labute approximate surface area is 266 Å². The van der Waals surface area contributed by atoms with E-state index in [0.717, 1.165) is 4.90 Å². The van der Waals surface area contributed by atoms with Crippen molar-refractivity contribution in [3.8, 4) is 0 Å². The Kier molecular flexibility index (Phi) is 10.9. The first-order valence-corrected chi connectivity index (χ1v) is 14.6. The van der Waals surface area contributed by atoms with Gasteiger partial charge in [-0.3, -0.25) is 14.4 Å². The average Bonchev–Trinajstić information content (AvgIpc) is 3.00. The molecule has 0 atom stereocenters. The zero-order valence-corrected chi connectivity index (χ0v) is 25.2. The zero-order chi connectivity index (χ0) is 30.9. The topological polar surface area (TPSA) is 125 Å². The minimum absolute atomic E-state index is 0.00159. The highest BCUT2D eigenvalue weighted by atomic mass is 35.5. The number of carboxylic acid groups (broad SMARTS) is 1. The van der Waals surface area contributed by atoms with Crippen LogP contribution in [0.4, 0.5) is 11.4 Å². The van der Waals surface area contributed by atoms with Crippen molar-refractivity contribution >= 4 is 87.7 Å². The Balaban J connectivity index is 1.42. The lowest BCUT2D eigenvalue weighted by molar-refractivity contribution is -0.114. The van der Waals surface area contributed by atoms with Crippen LogP contribution in [0.2, 0.25) is 15.1 Å². The lowest BCUT2D eigenvalue weighted by Gasteiger charge is -2.12. The summed E-state index contributed by atoms with van der Waals surface area (Å²) in [4.78, 5) is 50.5. The first-order chi connectivity index (χ1) is 20.6. The minimum Gasteiger partial charge on any atom is -0.478 e. The molecule has 0 unspecified atom stereocenters. The van der Waals surface area contributed by atoms with Gasteiger partial charge in [-0.1, -0.05) is 65.1 Å². The van der Waals surface area contributed by atoms with E-state index in [0.29, 0.717) is 21.8 Å². The summed E-state index contributed by atoms with van der Waals surface area (Å²) in [7, 11) is 0. The summed E-state index contributed by atoms with van der Waals surface area (Å²) >= 11 is 19.7. The number of halogens is 3. The van der Waals surface area contributed by atoms with Gasteiger partial charge in [0.2, 0.25) is 5.91 Å². The SMILES string of the molecule is O=C(CSc1ccc(NC(=O)/C(=C/c2cccc(Cl)c2Cl)NC(=O)c2ccccc2)cc1)Nc1cc(C(=O)O)ccc1Cl. The molecule has 0 aliphatic heterocycles. The summed E-state index contributed by atoms with van der Waals surface area (Å²) in [5, 5.41) is 17.9. The van der Waals surface area contributed by atoms with Crippen LogP contribution >= 0.6 is 46.6 Å². The van der Waals surface area contributed by atoms with E-state index < -0.39 is 17.8 Å². The number of hydrogen-bond acceptors (Lipinski definition) is 5. The van der Waals surface area contributed by atoms with Gasteiger partial charge in [0.05, 0.1) is 32.1 Å². The molecule has 0 saturated carbocycles. The Morgan fingerprint density at radius 1 is 0.767 bits per heavy atom. The molecule has 0 aromatic heterocycles. The van der Waals surface area contributed by atoms with Gasteiger partial charge in [-0.25, -0.2) is 4.79 Å². The van der Waals surface area contributed by atoms with Crippen molar-refractivity contribution in [2.75, 3.05) is 16.4 Å². The zero-order valence-electron chi connectivity index (χ0n) is 22.1. The molecule has 0 saturated heterocycles. The molecule has 4 rings (SSSR count). The normalized spacial score (nSPS) is 11.0. The van der Waals surface area contributed by atoms with E-state index in [-0.39, 0.29) is 38.7 Å². The van der Waals surface area contributed by atoms with E-state index in [1.807, 2.05) is 0 Å². The highest BCUT2D eigenvalue weighted by molar-refractivity contribution is 8.00. The first-order valence-electron chi connectivity index (χ1n) is 12.5. The lowest BCUT2D eigenvalue weighted by atomic mass is 10.1. The molecule has 8 nitrogen and oxygen atoms in total. The molecule has 0 aliphatic carbocycles. The van der Waals surface area contributed by atoms with Gasteiger partial charge < -0.3 is 21.1 Å². The predicted molar refractivity (Wildman–Crippen MR) is 171 cm³/mol. The fraction of sp³-hybridized carbons (Fsp3) is 0.0323. The molecule has 0 fully saturated rings. The summed E-state index contributed by atoms with van der Waals surface area (Å²) < 4.78 is 0. The quantitative estimate of drug-likeness (QED) is 0.104. The third-order valence-corrected chi connectivity index (χ3v) is 7.95. The van der Waals surface area contributed by atoms with E-state index >= 15 is 0 Å². The van der Waals surface area contributed by atoms with Crippen LogP contribution in [0.3, 0.4) is 0 Å². The van der Waals surface area contributed by atoms with Gasteiger partial charge >= 0.3 is 5.97 Å². The molecule has 4 N–H and O–H groups in total. The number of thioether (sulfide) groups is 1. The third kappa shape index (κ3) is 8.86. The van der Waals surface area contributed by atoms with Crippen molar-refractivity contribution < 1.29 is 24.3 Å². The van der Waals surface area contributed by atoms with Crippen LogP contribution in [0.5, 0.6) is 0 Å². The van der Waals surface area contributed by atoms with E-state index in [4.69, 9.17) is 39.9 Å². The van der Waals surface area contributed by atoms with E-state index in [1.54, 1.807) is 72.8 Å². The van der Waals surface area contributed by atoms with Gasteiger partial charge in [-0.15, -0.1) is 11.8 Å². The molecule has 4 aromatic rings. The van der Waals surface area contributed by atoms with E-state index in [2.05, 4.69) is 16.0 Å². The van der Waals surface area contributed by atoms with Crippen LogP contribution in [-0.2, 0) is 9.59 Å². The first kappa shape index (κ1) is 31.7. The molecular weight excluding hydrogens is 633 g/mol. The maximum Gasteiger partial charge on any atom is 0.335 e. The summed E-state index contributed by atoms with van der Waals surface area (Å²) in [5.74, 6) is -2.57.